The number of ether oxygens (including phenoxy) is 1. The van der Waals surface area contributed by atoms with Gasteiger partial charge in [-0.25, -0.2) is 0 Å². The summed E-state index contributed by atoms with van der Waals surface area (Å²) in [5.74, 6) is 1.38. The number of hydrogen-bond acceptors (Lipinski definition) is 5. The molecular formula is C19H19N5O2. The summed E-state index contributed by atoms with van der Waals surface area (Å²) < 4.78 is 5.29. The first-order chi connectivity index (χ1) is 12.7. The molecule has 1 aliphatic rings. The zero-order chi connectivity index (χ0) is 18.1. The number of nitrogens with zero attached hydrogens (tertiary/aromatic N) is 5. The summed E-state index contributed by atoms with van der Waals surface area (Å²) in [4.78, 5) is 16.2. The number of benzene rings is 2. The Morgan fingerprint density at radius 1 is 1.19 bits per heavy atom. The molecule has 7 nitrogen and oxygen atoms in total. The van der Waals surface area contributed by atoms with Gasteiger partial charge in [0.2, 0.25) is 5.82 Å². The predicted molar refractivity (Wildman–Crippen MR) is 95.6 cm³/mol. The number of aromatic nitrogens is 4. The predicted octanol–water partition coefficient (Wildman–Crippen LogP) is 2.47. The van der Waals surface area contributed by atoms with Crippen molar-refractivity contribution in [3.63, 3.8) is 0 Å². The van der Waals surface area contributed by atoms with Crippen molar-refractivity contribution in [1.29, 1.82) is 0 Å². The minimum Gasteiger partial charge on any atom is -0.497 e. The molecular weight excluding hydrogens is 330 g/mol. The Balaban J connectivity index is 1.52. The Morgan fingerprint density at radius 2 is 2.00 bits per heavy atom. The second kappa shape index (κ2) is 6.59. The smallest absolute Gasteiger partial charge is 0.254 e. The van der Waals surface area contributed by atoms with Crippen molar-refractivity contribution in [2.75, 3.05) is 13.7 Å². The summed E-state index contributed by atoms with van der Waals surface area (Å²) in [7, 11) is 3.37. The zero-order valence-electron chi connectivity index (χ0n) is 14.7. The van der Waals surface area contributed by atoms with Crippen LogP contribution >= 0.6 is 0 Å². The van der Waals surface area contributed by atoms with Gasteiger partial charge in [0.05, 0.1) is 20.2 Å². The lowest BCUT2D eigenvalue weighted by molar-refractivity contribution is 0.0460. The summed E-state index contributed by atoms with van der Waals surface area (Å²) in [6.07, 6.45) is 0.959. The Labute approximate surface area is 151 Å². The van der Waals surface area contributed by atoms with Gasteiger partial charge in [-0.05, 0) is 41.5 Å². The number of carbonyl (C=O) groups excluding carboxylic acids is 1. The zero-order valence-corrected chi connectivity index (χ0v) is 14.7. The molecule has 0 aliphatic carbocycles. The topological polar surface area (TPSA) is 73.1 Å². The summed E-state index contributed by atoms with van der Waals surface area (Å²) in [6.45, 7) is 0.758. The third-order valence-electron chi connectivity index (χ3n) is 4.66. The van der Waals surface area contributed by atoms with E-state index >= 15 is 0 Å². The number of rotatable bonds is 4. The van der Waals surface area contributed by atoms with Crippen molar-refractivity contribution in [3.05, 3.63) is 59.7 Å². The molecule has 0 unspecified atom stereocenters. The van der Waals surface area contributed by atoms with Gasteiger partial charge in [-0.2, -0.15) is 4.80 Å². The molecule has 1 aliphatic heterocycles. The van der Waals surface area contributed by atoms with Gasteiger partial charge in [-0.3, -0.25) is 4.79 Å². The highest BCUT2D eigenvalue weighted by Crippen LogP contribution is 2.35. The van der Waals surface area contributed by atoms with Gasteiger partial charge < -0.3 is 9.64 Å². The maximum absolute atomic E-state index is 12.9. The molecule has 2 heterocycles. The fourth-order valence-electron chi connectivity index (χ4n) is 3.15. The summed E-state index contributed by atoms with van der Waals surface area (Å²) in [6, 6.07) is 15.3. The van der Waals surface area contributed by atoms with Crippen molar-refractivity contribution in [2.24, 2.45) is 7.05 Å². The second-order valence-corrected chi connectivity index (χ2v) is 6.26. The number of tetrazole rings is 1. The molecule has 0 bridgehead atoms. The SMILES string of the molecule is COc1cccc([C@@H]2CCN2C(=O)c2ccc(-c3nnn(C)n3)cc2)c1. The Kier molecular flexibility index (Phi) is 4.12. The average Bonchev–Trinajstić information content (AvgIpc) is 3.07. The number of likely N-dealkylation sites (tertiary alicyclic amines) is 1. The lowest BCUT2D eigenvalue weighted by Gasteiger charge is -2.41. The van der Waals surface area contributed by atoms with Crippen LogP contribution in [0.25, 0.3) is 11.4 Å². The minimum atomic E-state index is 0.0303. The largest absolute Gasteiger partial charge is 0.497 e. The Morgan fingerprint density at radius 3 is 2.62 bits per heavy atom. The van der Waals surface area contributed by atoms with Crippen molar-refractivity contribution in [3.8, 4) is 17.1 Å². The normalized spacial score (nSPS) is 16.2. The second-order valence-electron chi connectivity index (χ2n) is 6.26. The van der Waals surface area contributed by atoms with Crippen molar-refractivity contribution in [1.82, 2.24) is 25.1 Å². The molecule has 1 aromatic heterocycles. The molecule has 132 valence electrons. The highest BCUT2D eigenvalue weighted by Gasteiger charge is 2.34. The van der Waals surface area contributed by atoms with E-state index < -0.39 is 0 Å². The van der Waals surface area contributed by atoms with Gasteiger partial charge in [0.15, 0.2) is 0 Å². The first-order valence-corrected chi connectivity index (χ1v) is 8.45. The van der Waals surface area contributed by atoms with Crippen LogP contribution in [0, 0.1) is 0 Å². The molecule has 1 atom stereocenters. The lowest BCUT2D eigenvalue weighted by atomic mass is 9.93. The van der Waals surface area contributed by atoms with Crippen LogP contribution in [0.5, 0.6) is 5.75 Å². The molecule has 26 heavy (non-hydrogen) atoms. The molecule has 0 N–H and O–H groups in total. The number of aryl methyl sites for hydroxylation is 1. The monoisotopic (exact) mass is 349 g/mol. The van der Waals surface area contributed by atoms with Crippen LogP contribution in [-0.2, 0) is 7.05 Å². The van der Waals surface area contributed by atoms with E-state index in [-0.39, 0.29) is 11.9 Å². The third kappa shape index (κ3) is 2.92. The molecule has 7 heteroatoms. The van der Waals surface area contributed by atoms with E-state index in [0.29, 0.717) is 11.4 Å². The van der Waals surface area contributed by atoms with Gasteiger partial charge >= 0.3 is 0 Å². The van der Waals surface area contributed by atoms with Gasteiger partial charge in [0.25, 0.3) is 5.91 Å². The van der Waals surface area contributed by atoms with Crippen LogP contribution in [-0.4, -0.2) is 44.7 Å². The van der Waals surface area contributed by atoms with Crippen LogP contribution in [0.4, 0.5) is 0 Å². The standard InChI is InChI=1S/C19H19N5O2/c1-23-21-18(20-22-23)13-6-8-14(9-7-13)19(25)24-11-10-17(24)15-4-3-5-16(12-15)26-2/h3-9,12,17H,10-11H2,1-2H3/t17-/m0/s1. The molecule has 1 amide bonds. The molecule has 0 saturated carbocycles. The molecule has 0 spiro atoms. The van der Waals surface area contributed by atoms with E-state index in [0.717, 1.165) is 29.8 Å². The molecule has 4 rings (SSSR count). The molecule has 3 aromatic rings. The number of hydrogen-bond donors (Lipinski definition) is 0. The summed E-state index contributed by atoms with van der Waals surface area (Å²) in [5.41, 5.74) is 2.59. The van der Waals surface area contributed by atoms with Gasteiger partial charge in [-0.1, -0.05) is 24.3 Å². The fraction of sp³-hybridized carbons (Fsp3) is 0.263. The van der Waals surface area contributed by atoms with E-state index in [1.165, 1.54) is 4.80 Å². The van der Waals surface area contributed by atoms with Gasteiger partial charge in [0, 0.05) is 17.7 Å². The minimum absolute atomic E-state index is 0.0303. The first kappa shape index (κ1) is 16.3. The van der Waals surface area contributed by atoms with Crippen LogP contribution in [0.15, 0.2) is 48.5 Å². The molecule has 1 fully saturated rings. The highest BCUT2D eigenvalue weighted by atomic mass is 16.5. The van der Waals surface area contributed by atoms with E-state index in [4.69, 9.17) is 4.74 Å². The van der Waals surface area contributed by atoms with Crippen LogP contribution in [0.3, 0.4) is 0 Å². The van der Waals surface area contributed by atoms with Crippen molar-refractivity contribution >= 4 is 5.91 Å². The Bertz CT molecular complexity index is 935. The lowest BCUT2D eigenvalue weighted by Crippen LogP contribution is -2.45. The van der Waals surface area contributed by atoms with Gasteiger partial charge in [-0.15, -0.1) is 10.2 Å². The van der Waals surface area contributed by atoms with E-state index in [9.17, 15) is 4.79 Å². The number of carbonyl (C=O) groups is 1. The summed E-state index contributed by atoms with van der Waals surface area (Å²) in [5, 5.41) is 12.0. The van der Waals surface area contributed by atoms with E-state index in [1.807, 2.05) is 53.4 Å². The number of amides is 1. The first-order valence-electron chi connectivity index (χ1n) is 8.45. The maximum atomic E-state index is 12.9. The van der Waals surface area contributed by atoms with Crippen LogP contribution in [0.2, 0.25) is 0 Å². The van der Waals surface area contributed by atoms with E-state index in [1.54, 1.807) is 14.2 Å². The van der Waals surface area contributed by atoms with E-state index in [2.05, 4.69) is 15.4 Å². The average molecular weight is 349 g/mol. The quantitative estimate of drug-likeness (QED) is 0.723. The Hall–Kier alpha value is -3.22. The third-order valence-corrected chi connectivity index (χ3v) is 4.66. The maximum Gasteiger partial charge on any atom is 0.254 e. The van der Waals surface area contributed by atoms with Crippen LogP contribution < -0.4 is 4.74 Å². The molecule has 1 saturated heterocycles. The number of methoxy groups -OCH3 is 1. The molecule has 0 radical (unpaired) electrons. The summed E-state index contributed by atoms with van der Waals surface area (Å²) >= 11 is 0. The van der Waals surface area contributed by atoms with Crippen molar-refractivity contribution in [2.45, 2.75) is 12.5 Å². The van der Waals surface area contributed by atoms with Gasteiger partial charge in [0.1, 0.15) is 5.75 Å². The van der Waals surface area contributed by atoms with Crippen LogP contribution in [0.1, 0.15) is 28.4 Å². The highest BCUT2D eigenvalue weighted by molar-refractivity contribution is 5.95. The molecule has 2 aromatic carbocycles. The van der Waals surface area contributed by atoms with Crippen molar-refractivity contribution < 1.29 is 9.53 Å². The fourth-order valence-corrected chi connectivity index (χ4v) is 3.15.